The summed E-state index contributed by atoms with van der Waals surface area (Å²) in [5, 5.41) is 2.89. The van der Waals surface area contributed by atoms with E-state index in [0.717, 1.165) is 16.8 Å². The highest BCUT2D eigenvalue weighted by Gasteiger charge is 2.26. The van der Waals surface area contributed by atoms with E-state index in [2.05, 4.69) is 42.3 Å². The summed E-state index contributed by atoms with van der Waals surface area (Å²) in [5.74, 6) is 0.864. The first kappa shape index (κ1) is 30.4. The molecule has 1 rings (SSSR count). The van der Waals surface area contributed by atoms with E-state index in [1.165, 1.54) is 0 Å². The van der Waals surface area contributed by atoms with Crippen molar-refractivity contribution < 1.29 is 19.1 Å². The standard InChI is InChI=1S/C26H42Cl2N2O4/c1-18(2)22-10-9-21(30(13-11-27)14-12-28)16-19(22)15-20(17-23(31)33-25(3,4)5)29-24(32)34-26(6,7)8/h9-10,16,18,20H,11-15,17H2,1-8H3,(H,29,32)/t20-/m0/s1. The molecular weight excluding hydrogens is 475 g/mol. The number of nitrogens with one attached hydrogen (secondary N) is 1. The van der Waals surface area contributed by atoms with Crippen molar-refractivity contribution in [2.24, 2.45) is 0 Å². The van der Waals surface area contributed by atoms with Crippen LogP contribution in [0.3, 0.4) is 0 Å². The van der Waals surface area contributed by atoms with Crippen molar-refractivity contribution in [3.8, 4) is 0 Å². The lowest BCUT2D eigenvalue weighted by atomic mass is 9.91. The Labute approximate surface area is 215 Å². The number of carbonyl (C=O) groups is 2. The van der Waals surface area contributed by atoms with Gasteiger partial charge in [0, 0.05) is 36.6 Å². The number of hydrogen-bond donors (Lipinski definition) is 1. The number of anilines is 1. The van der Waals surface area contributed by atoms with Crippen molar-refractivity contribution in [1.82, 2.24) is 5.32 Å². The molecule has 0 aliphatic rings. The molecule has 8 heteroatoms. The SMILES string of the molecule is CC(C)c1ccc(N(CCCl)CCCl)cc1C[C@@H](CC(=O)OC(C)(C)C)NC(=O)OC(C)(C)C. The van der Waals surface area contributed by atoms with E-state index in [-0.39, 0.29) is 18.3 Å². The molecule has 1 atom stereocenters. The Balaban J connectivity index is 3.28. The van der Waals surface area contributed by atoms with Gasteiger partial charge < -0.3 is 19.7 Å². The Kier molecular flexibility index (Phi) is 12.0. The molecule has 0 saturated heterocycles. The molecule has 0 saturated carbocycles. The maximum Gasteiger partial charge on any atom is 0.407 e. The number of nitrogens with zero attached hydrogens (tertiary/aromatic N) is 1. The second kappa shape index (κ2) is 13.4. The minimum absolute atomic E-state index is 0.0331. The number of halogens is 2. The van der Waals surface area contributed by atoms with Crippen molar-refractivity contribution in [2.75, 3.05) is 29.7 Å². The molecule has 194 valence electrons. The number of benzene rings is 1. The van der Waals surface area contributed by atoms with Crippen LogP contribution in [0.15, 0.2) is 18.2 Å². The van der Waals surface area contributed by atoms with Crippen molar-refractivity contribution in [2.45, 2.75) is 91.4 Å². The van der Waals surface area contributed by atoms with Crippen LogP contribution >= 0.6 is 23.2 Å². The van der Waals surface area contributed by atoms with Gasteiger partial charge in [0.2, 0.25) is 0 Å². The number of ether oxygens (including phenoxy) is 2. The van der Waals surface area contributed by atoms with E-state index in [1.807, 2.05) is 20.8 Å². The second-order valence-corrected chi connectivity index (χ2v) is 11.5. The summed E-state index contributed by atoms with van der Waals surface area (Å²) < 4.78 is 11.0. The van der Waals surface area contributed by atoms with E-state index >= 15 is 0 Å². The average molecular weight is 518 g/mol. The van der Waals surface area contributed by atoms with Gasteiger partial charge in [0.05, 0.1) is 6.42 Å². The molecule has 1 aromatic carbocycles. The highest BCUT2D eigenvalue weighted by Crippen LogP contribution is 2.27. The van der Waals surface area contributed by atoms with Gasteiger partial charge in [-0.3, -0.25) is 4.79 Å². The third kappa shape index (κ3) is 11.7. The Bertz CT molecular complexity index is 765. The highest BCUT2D eigenvalue weighted by molar-refractivity contribution is 6.18. The third-order valence-electron chi connectivity index (χ3n) is 4.84. The van der Waals surface area contributed by atoms with Crippen LogP contribution in [-0.4, -0.2) is 54.2 Å². The summed E-state index contributed by atoms with van der Waals surface area (Å²) >= 11 is 12.0. The smallest absolute Gasteiger partial charge is 0.407 e. The number of alkyl halides is 2. The molecule has 1 N–H and O–H groups in total. The number of esters is 1. The van der Waals surface area contributed by atoms with E-state index in [1.54, 1.807) is 20.8 Å². The molecule has 0 aromatic heterocycles. The maximum absolute atomic E-state index is 12.6. The van der Waals surface area contributed by atoms with E-state index in [0.29, 0.717) is 31.3 Å². The molecule has 34 heavy (non-hydrogen) atoms. The quantitative estimate of drug-likeness (QED) is 0.277. The van der Waals surface area contributed by atoms with Crippen LogP contribution in [-0.2, 0) is 20.7 Å². The maximum atomic E-state index is 12.6. The van der Waals surface area contributed by atoms with Crippen molar-refractivity contribution >= 4 is 41.0 Å². The number of carbonyl (C=O) groups excluding carboxylic acids is 2. The first-order valence-corrected chi connectivity index (χ1v) is 12.9. The Morgan fingerprint density at radius 3 is 2.00 bits per heavy atom. The van der Waals surface area contributed by atoms with Crippen molar-refractivity contribution in [3.05, 3.63) is 29.3 Å². The molecule has 0 aliphatic carbocycles. The molecule has 0 spiro atoms. The number of alkyl carbamates (subject to hydrolysis) is 1. The molecule has 6 nitrogen and oxygen atoms in total. The van der Waals surface area contributed by atoms with Gasteiger partial charge in [-0.2, -0.15) is 0 Å². The molecule has 0 heterocycles. The summed E-state index contributed by atoms with van der Waals surface area (Å²) in [6, 6.07) is 5.78. The van der Waals surface area contributed by atoms with E-state index in [4.69, 9.17) is 32.7 Å². The number of amides is 1. The van der Waals surface area contributed by atoms with Crippen LogP contribution in [0.2, 0.25) is 0 Å². The zero-order valence-electron chi connectivity index (χ0n) is 22.0. The molecule has 0 unspecified atom stereocenters. The third-order valence-corrected chi connectivity index (χ3v) is 5.18. The van der Waals surface area contributed by atoms with Gasteiger partial charge in [0.25, 0.3) is 0 Å². The van der Waals surface area contributed by atoms with Crippen LogP contribution in [0.4, 0.5) is 10.5 Å². The fraction of sp³-hybridized carbons (Fsp3) is 0.692. The van der Waals surface area contributed by atoms with Crippen LogP contribution in [0.1, 0.15) is 78.9 Å². The molecule has 1 amide bonds. The van der Waals surface area contributed by atoms with Gasteiger partial charge in [-0.25, -0.2) is 4.79 Å². The first-order chi connectivity index (χ1) is 15.6. The zero-order valence-corrected chi connectivity index (χ0v) is 23.5. The topological polar surface area (TPSA) is 67.9 Å². The fourth-order valence-corrected chi connectivity index (χ4v) is 4.01. The molecular formula is C26H42Cl2N2O4. The minimum Gasteiger partial charge on any atom is -0.460 e. The van der Waals surface area contributed by atoms with Gasteiger partial charge in [0.1, 0.15) is 11.2 Å². The molecule has 0 aliphatic heterocycles. The molecule has 1 aromatic rings. The van der Waals surface area contributed by atoms with E-state index < -0.39 is 23.3 Å². The van der Waals surface area contributed by atoms with Crippen LogP contribution < -0.4 is 10.2 Å². The normalized spacial score (nSPS) is 12.9. The lowest BCUT2D eigenvalue weighted by Crippen LogP contribution is -2.42. The van der Waals surface area contributed by atoms with Crippen molar-refractivity contribution in [3.63, 3.8) is 0 Å². The summed E-state index contributed by atoms with van der Waals surface area (Å²) in [4.78, 5) is 27.3. The van der Waals surface area contributed by atoms with Crippen LogP contribution in [0.5, 0.6) is 0 Å². The summed E-state index contributed by atoms with van der Waals surface area (Å²) in [6.45, 7) is 16.5. The zero-order chi connectivity index (χ0) is 26.1. The molecule has 0 fully saturated rings. The predicted octanol–water partition coefficient (Wildman–Crippen LogP) is 6.26. The monoisotopic (exact) mass is 516 g/mol. The van der Waals surface area contributed by atoms with Crippen LogP contribution in [0.25, 0.3) is 0 Å². The van der Waals surface area contributed by atoms with E-state index in [9.17, 15) is 9.59 Å². The molecule has 0 radical (unpaired) electrons. The Hall–Kier alpha value is -1.66. The average Bonchev–Trinajstić information content (AvgIpc) is 2.64. The van der Waals surface area contributed by atoms with Gasteiger partial charge in [-0.15, -0.1) is 23.2 Å². The fourth-order valence-electron chi connectivity index (χ4n) is 3.60. The summed E-state index contributed by atoms with van der Waals surface area (Å²) in [7, 11) is 0. The van der Waals surface area contributed by atoms with Gasteiger partial charge in [-0.1, -0.05) is 19.9 Å². The van der Waals surface area contributed by atoms with Crippen molar-refractivity contribution in [1.29, 1.82) is 0 Å². The Morgan fingerprint density at radius 2 is 1.53 bits per heavy atom. The van der Waals surface area contributed by atoms with Gasteiger partial charge in [0.15, 0.2) is 0 Å². The predicted molar refractivity (Wildman–Crippen MR) is 142 cm³/mol. The largest absolute Gasteiger partial charge is 0.460 e. The summed E-state index contributed by atoms with van der Waals surface area (Å²) in [6.07, 6.45) is -0.0740. The lowest BCUT2D eigenvalue weighted by Gasteiger charge is -2.28. The Morgan fingerprint density at radius 1 is 0.971 bits per heavy atom. The van der Waals surface area contributed by atoms with Crippen LogP contribution in [0, 0.1) is 0 Å². The van der Waals surface area contributed by atoms with Gasteiger partial charge >= 0.3 is 12.1 Å². The number of hydrogen-bond acceptors (Lipinski definition) is 5. The lowest BCUT2D eigenvalue weighted by molar-refractivity contribution is -0.155. The molecule has 0 bridgehead atoms. The second-order valence-electron chi connectivity index (χ2n) is 10.7. The highest BCUT2D eigenvalue weighted by atomic mass is 35.5. The number of rotatable bonds is 11. The first-order valence-electron chi connectivity index (χ1n) is 11.9. The summed E-state index contributed by atoms with van der Waals surface area (Å²) in [5.41, 5.74) is 1.95. The minimum atomic E-state index is -0.646. The van der Waals surface area contributed by atoms with Gasteiger partial charge in [-0.05, 0) is 77.1 Å².